The average Bonchev–Trinajstić information content (AvgIpc) is 2.91. The van der Waals surface area contributed by atoms with Gasteiger partial charge in [-0.1, -0.05) is 12.8 Å². The van der Waals surface area contributed by atoms with E-state index < -0.39 is 0 Å². The molecule has 0 radical (unpaired) electrons. The molecular formula is C19H32N4O2. The van der Waals surface area contributed by atoms with Crippen molar-refractivity contribution in [2.24, 2.45) is 4.99 Å². The number of aliphatic imine (C=N–C) groups is 1. The van der Waals surface area contributed by atoms with Crippen LogP contribution in [-0.4, -0.2) is 56.3 Å². The number of methoxy groups -OCH3 is 1. The number of hydrogen-bond donors (Lipinski definition) is 3. The van der Waals surface area contributed by atoms with E-state index in [2.05, 4.69) is 20.5 Å². The van der Waals surface area contributed by atoms with Gasteiger partial charge in [-0.3, -0.25) is 4.99 Å². The lowest BCUT2D eigenvalue weighted by atomic mass is 10.2. The molecule has 6 heteroatoms. The lowest BCUT2D eigenvalue weighted by Gasteiger charge is -2.20. The molecule has 1 aliphatic heterocycles. The lowest BCUT2D eigenvalue weighted by Crippen LogP contribution is -2.38. The first kappa shape index (κ1) is 19.4. The maximum atomic E-state index is 9.94. The maximum absolute atomic E-state index is 9.94. The van der Waals surface area contributed by atoms with Crippen LogP contribution in [0.3, 0.4) is 0 Å². The second-order valence-electron chi connectivity index (χ2n) is 6.46. The highest BCUT2D eigenvalue weighted by Crippen LogP contribution is 2.22. The SMILES string of the molecule is CN=C(NCCCN1CCCCCC1)NCc1cc(OC)ccc1O. The molecule has 0 saturated carbocycles. The molecule has 0 bridgehead atoms. The summed E-state index contributed by atoms with van der Waals surface area (Å²) in [5, 5.41) is 16.5. The third-order valence-corrected chi connectivity index (χ3v) is 4.60. The van der Waals surface area contributed by atoms with Crippen LogP contribution in [0.2, 0.25) is 0 Å². The van der Waals surface area contributed by atoms with Crippen molar-refractivity contribution in [1.29, 1.82) is 0 Å². The largest absolute Gasteiger partial charge is 0.508 e. The first-order valence-corrected chi connectivity index (χ1v) is 9.25. The highest BCUT2D eigenvalue weighted by atomic mass is 16.5. The number of guanidine groups is 1. The molecule has 3 N–H and O–H groups in total. The zero-order chi connectivity index (χ0) is 17.9. The highest BCUT2D eigenvalue weighted by molar-refractivity contribution is 5.79. The first-order chi connectivity index (χ1) is 12.2. The second-order valence-corrected chi connectivity index (χ2v) is 6.46. The van der Waals surface area contributed by atoms with Gasteiger partial charge in [0.2, 0.25) is 0 Å². The fourth-order valence-electron chi connectivity index (χ4n) is 3.10. The third kappa shape index (κ3) is 6.82. The molecule has 1 saturated heterocycles. The molecular weight excluding hydrogens is 316 g/mol. The number of phenolic OH excluding ortho intramolecular Hbond substituents is 1. The summed E-state index contributed by atoms with van der Waals surface area (Å²) in [5.41, 5.74) is 0.784. The van der Waals surface area contributed by atoms with Crippen molar-refractivity contribution in [1.82, 2.24) is 15.5 Å². The summed E-state index contributed by atoms with van der Waals surface area (Å²) in [6.07, 6.45) is 6.53. The van der Waals surface area contributed by atoms with E-state index >= 15 is 0 Å². The Morgan fingerprint density at radius 2 is 1.96 bits per heavy atom. The van der Waals surface area contributed by atoms with Crippen molar-refractivity contribution in [3.05, 3.63) is 23.8 Å². The zero-order valence-electron chi connectivity index (χ0n) is 15.6. The molecule has 1 aromatic carbocycles. The summed E-state index contributed by atoms with van der Waals surface area (Å²) in [6.45, 7) is 5.00. The van der Waals surface area contributed by atoms with E-state index in [4.69, 9.17) is 4.74 Å². The average molecular weight is 348 g/mol. The number of benzene rings is 1. The normalized spacial score (nSPS) is 16.3. The molecule has 0 unspecified atom stereocenters. The van der Waals surface area contributed by atoms with Gasteiger partial charge in [0.05, 0.1) is 7.11 Å². The molecule has 1 aromatic rings. The van der Waals surface area contributed by atoms with Gasteiger partial charge in [-0.15, -0.1) is 0 Å². The molecule has 0 spiro atoms. The quantitative estimate of drug-likeness (QED) is 0.401. The standard InChI is InChI=1S/C19H32N4O2/c1-20-19(21-10-7-13-23-11-5-3-4-6-12-23)22-15-16-14-17(25-2)8-9-18(16)24/h8-9,14,24H,3-7,10-13,15H2,1-2H3,(H2,20,21,22). The Kier molecular flexibility index (Phi) is 8.39. The van der Waals surface area contributed by atoms with Crippen LogP contribution >= 0.6 is 0 Å². The molecule has 0 atom stereocenters. The van der Waals surface area contributed by atoms with E-state index in [1.165, 1.54) is 38.8 Å². The van der Waals surface area contributed by atoms with Crippen molar-refractivity contribution in [3.63, 3.8) is 0 Å². The predicted molar refractivity (Wildman–Crippen MR) is 102 cm³/mol. The minimum absolute atomic E-state index is 0.255. The summed E-state index contributed by atoms with van der Waals surface area (Å²) < 4.78 is 5.20. The van der Waals surface area contributed by atoms with E-state index in [-0.39, 0.29) is 5.75 Å². The van der Waals surface area contributed by atoms with Gasteiger partial charge < -0.3 is 25.4 Å². The minimum Gasteiger partial charge on any atom is -0.508 e. The van der Waals surface area contributed by atoms with E-state index in [9.17, 15) is 5.11 Å². The Balaban J connectivity index is 1.70. The van der Waals surface area contributed by atoms with Crippen molar-refractivity contribution >= 4 is 5.96 Å². The van der Waals surface area contributed by atoms with Gasteiger partial charge >= 0.3 is 0 Å². The fraction of sp³-hybridized carbons (Fsp3) is 0.632. The van der Waals surface area contributed by atoms with Gasteiger partial charge in [0.25, 0.3) is 0 Å². The summed E-state index contributed by atoms with van der Waals surface area (Å²) in [6, 6.07) is 5.22. The van der Waals surface area contributed by atoms with Crippen LogP contribution in [0.4, 0.5) is 0 Å². The molecule has 25 heavy (non-hydrogen) atoms. The summed E-state index contributed by atoms with van der Waals surface area (Å²) in [7, 11) is 3.38. The number of likely N-dealkylation sites (tertiary alicyclic amines) is 1. The van der Waals surface area contributed by atoms with Gasteiger partial charge in [-0.2, -0.15) is 0 Å². The second kappa shape index (κ2) is 10.8. The van der Waals surface area contributed by atoms with Crippen LogP contribution in [-0.2, 0) is 6.54 Å². The third-order valence-electron chi connectivity index (χ3n) is 4.60. The first-order valence-electron chi connectivity index (χ1n) is 9.25. The Morgan fingerprint density at radius 3 is 2.64 bits per heavy atom. The Morgan fingerprint density at radius 1 is 1.20 bits per heavy atom. The fourth-order valence-corrected chi connectivity index (χ4v) is 3.10. The van der Waals surface area contributed by atoms with Crippen LogP contribution in [0.25, 0.3) is 0 Å². The number of nitrogens with zero attached hydrogens (tertiary/aromatic N) is 2. The summed E-state index contributed by atoms with van der Waals surface area (Å²) in [4.78, 5) is 6.81. The minimum atomic E-state index is 0.255. The number of rotatable bonds is 7. The van der Waals surface area contributed by atoms with E-state index in [1.54, 1.807) is 26.3 Å². The number of phenols is 1. The van der Waals surface area contributed by atoms with E-state index in [1.807, 2.05) is 6.07 Å². The number of nitrogens with one attached hydrogen (secondary N) is 2. The van der Waals surface area contributed by atoms with Crippen molar-refractivity contribution in [3.8, 4) is 11.5 Å². The van der Waals surface area contributed by atoms with Crippen molar-refractivity contribution in [2.75, 3.05) is 40.3 Å². The molecule has 0 aromatic heterocycles. The molecule has 1 fully saturated rings. The molecule has 0 aliphatic carbocycles. The Bertz CT molecular complexity index is 540. The topological polar surface area (TPSA) is 69.1 Å². The molecule has 1 heterocycles. The Hall–Kier alpha value is -1.95. The van der Waals surface area contributed by atoms with Crippen molar-refractivity contribution < 1.29 is 9.84 Å². The molecule has 140 valence electrons. The van der Waals surface area contributed by atoms with Gasteiger partial charge in [-0.05, 0) is 57.1 Å². The number of hydrogen-bond acceptors (Lipinski definition) is 4. The van der Waals surface area contributed by atoms with Gasteiger partial charge in [0.1, 0.15) is 11.5 Å². The molecule has 1 aliphatic rings. The van der Waals surface area contributed by atoms with Crippen LogP contribution in [0.1, 0.15) is 37.7 Å². The van der Waals surface area contributed by atoms with Gasteiger partial charge in [-0.25, -0.2) is 0 Å². The van der Waals surface area contributed by atoms with Crippen LogP contribution in [0.5, 0.6) is 11.5 Å². The summed E-state index contributed by atoms with van der Waals surface area (Å²) >= 11 is 0. The lowest BCUT2D eigenvalue weighted by molar-refractivity contribution is 0.282. The van der Waals surface area contributed by atoms with Gasteiger partial charge in [0.15, 0.2) is 5.96 Å². The van der Waals surface area contributed by atoms with E-state index in [0.717, 1.165) is 36.8 Å². The van der Waals surface area contributed by atoms with E-state index in [0.29, 0.717) is 6.54 Å². The van der Waals surface area contributed by atoms with Crippen molar-refractivity contribution in [2.45, 2.75) is 38.6 Å². The molecule has 0 amide bonds. The Labute approximate surface area is 151 Å². The maximum Gasteiger partial charge on any atom is 0.191 e. The zero-order valence-corrected chi connectivity index (χ0v) is 15.6. The van der Waals surface area contributed by atoms with Gasteiger partial charge in [0, 0.05) is 25.7 Å². The van der Waals surface area contributed by atoms with Crippen LogP contribution in [0.15, 0.2) is 23.2 Å². The number of ether oxygens (including phenoxy) is 1. The molecule has 2 rings (SSSR count). The molecule has 6 nitrogen and oxygen atoms in total. The van der Waals surface area contributed by atoms with Crippen LogP contribution < -0.4 is 15.4 Å². The number of aromatic hydroxyl groups is 1. The monoisotopic (exact) mass is 348 g/mol. The smallest absolute Gasteiger partial charge is 0.191 e. The summed E-state index contributed by atoms with van der Waals surface area (Å²) in [5.74, 6) is 1.73. The van der Waals surface area contributed by atoms with Crippen LogP contribution in [0, 0.1) is 0 Å². The predicted octanol–water partition coefficient (Wildman–Crippen LogP) is 2.33. The highest BCUT2D eigenvalue weighted by Gasteiger charge is 2.08.